The fourth-order valence-corrected chi connectivity index (χ4v) is 2.82. The van der Waals surface area contributed by atoms with Gasteiger partial charge in [-0.1, -0.05) is 12.1 Å². The summed E-state index contributed by atoms with van der Waals surface area (Å²) in [4.78, 5) is 12.1. The van der Waals surface area contributed by atoms with Crippen LogP contribution < -0.4 is 0 Å². The number of fused-ring (bicyclic) bond motifs is 2. The van der Waals surface area contributed by atoms with Gasteiger partial charge in [0.1, 0.15) is 0 Å². The second-order valence-corrected chi connectivity index (χ2v) is 5.08. The van der Waals surface area contributed by atoms with Gasteiger partial charge >= 0.3 is 6.09 Å². The van der Waals surface area contributed by atoms with Gasteiger partial charge in [-0.2, -0.15) is 0 Å². The predicted octanol–water partition coefficient (Wildman–Crippen LogP) is 1.94. The van der Waals surface area contributed by atoms with Crippen molar-refractivity contribution in [3.05, 3.63) is 34.9 Å². The molecule has 0 atom stereocenters. The summed E-state index contributed by atoms with van der Waals surface area (Å²) in [7, 11) is 1.56. The fourth-order valence-electron chi connectivity index (χ4n) is 2.82. The molecule has 1 aromatic rings. The second kappa shape index (κ2) is 4.51. The van der Waals surface area contributed by atoms with Crippen LogP contribution in [-0.4, -0.2) is 36.4 Å². The molecule has 102 valence electrons. The minimum atomic E-state index is -0.927. The van der Waals surface area contributed by atoms with E-state index in [1.165, 1.54) is 10.5 Å². The third kappa shape index (κ3) is 2.09. The van der Waals surface area contributed by atoms with E-state index in [-0.39, 0.29) is 0 Å². The third-order valence-corrected chi connectivity index (χ3v) is 3.81. The normalized spacial score (nSPS) is 19.6. The summed E-state index contributed by atoms with van der Waals surface area (Å²) in [5.41, 5.74) is 3.27. The Labute approximate surface area is 111 Å². The molecule has 0 saturated carbocycles. The van der Waals surface area contributed by atoms with Gasteiger partial charge in [-0.3, -0.25) is 0 Å². The molecule has 1 spiro atoms. The smallest absolute Gasteiger partial charge is 0.407 e. The Morgan fingerprint density at radius 3 is 2.84 bits per heavy atom. The van der Waals surface area contributed by atoms with Gasteiger partial charge in [0.05, 0.1) is 13.2 Å². The van der Waals surface area contributed by atoms with Gasteiger partial charge in [-0.05, 0) is 23.6 Å². The lowest BCUT2D eigenvalue weighted by atomic mass is 10.0. The molecule has 1 saturated heterocycles. The number of hydrogen-bond donors (Lipinski definition) is 1. The number of carbonyl (C=O) groups is 1. The molecule has 1 amide bonds. The molecule has 0 radical (unpaired) electrons. The summed E-state index contributed by atoms with van der Waals surface area (Å²) in [5.74, 6) is -0.576. The van der Waals surface area contributed by atoms with Crippen LogP contribution in [0.15, 0.2) is 18.2 Å². The van der Waals surface area contributed by atoms with Gasteiger partial charge in [0.25, 0.3) is 0 Å². The Bertz CT molecular complexity index is 508. The molecule has 2 aliphatic rings. The molecular weight excluding hydrogens is 246 g/mol. The van der Waals surface area contributed by atoms with Gasteiger partial charge in [-0.25, -0.2) is 4.79 Å². The molecule has 1 heterocycles. The van der Waals surface area contributed by atoms with E-state index in [9.17, 15) is 4.79 Å². The molecule has 19 heavy (non-hydrogen) atoms. The lowest BCUT2D eigenvalue weighted by Gasteiger charge is -2.23. The first-order valence-electron chi connectivity index (χ1n) is 6.45. The van der Waals surface area contributed by atoms with Crippen LogP contribution in [0.4, 0.5) is 4.79 Å². The van der Waals surface area contributed by atoms with Gasteiger partial charge in [0, 0.05) is 25.6 Å². The van der Waals surface area contributed by atoms with Crippen molar-refractivity contribution in [2.24, 2.45) is 0 Å². The van der Waals surface area contributed by atoms with E-state index < -0.39 is 11.9 Å². The first kappa shape index (κ1) is 12.4. The standard InChI is InChI=1S/C14H17NO4/c1-15(13(16)17)9-10-2-3-11-4-5-14(12(11)8-10)18-6-7-19-14/h2-3,8H,4-7,9H2,1H3,(H,16,17). The maximum atomic E-state index is 10.9. The van der Waals surface area contributed by atoms with Crippen LogP contribution in [0.3, 0.4) is 0 Å². The molecular formula is C14H17NO4. The molecule has 1 aliphatic carbocycles. The molecule has 5 nitrogen and oxygen atoms in total. The van der Waals surface area contributed by atoms with Crippen molar-refractivity contribution < 1.29 is 19.4 Å². The summed E-state index contributed by atoms with van der Waals surface area (Å²) in [6.07, 6.45) is 0.869. The molecule has 3 rings (SSSR count). The second-order valence-electron chi connectivity index (χ2n) is 5.08. The van der Waals surface area contributed by atoms with E-state index in [1.54, 1.807) is 7.05 Å². The lowest BCUT2D eigenvalue weighted by Crippen LogP contribution is -2.25. The SMILES string of the molecule is CN(Cc1ccc2c(c1)C1(CC2)OCCO1)C(=O)O. The highest BCUT2D eigenvalue weighted by molar-refractivity contribution is 5.64. The van der Waals surface area contributed by atoms with Crippen molar-refractivity contribution in [2.75, 3.05) is 20.3 Å². The number of benzene rings is 1. The summed E-state index contributed by atoms with van der Waals surface area (Å²) in [6.45, 7) is 1.62. The van der Waals surface area contributed by atoms with E-state index in [0.717, 1.165) is 24.0 Å². The lowest BCUT2D eigenvalue weighted by molar-refractivity contribution is -0.163. The topological polar surface area (TPSA) is 59.0 Å². The fraction of sp³-hybridized carbons (Fsp3) is 0.500. The molecule has 1 aromatic carbocycles. The van der Waals surface area contributed by atoms with Gasteiger partial charge in [-0.15, -0.1) is 0 Å². The first-order chi connectivity index (χ1) is 9.11. The van der Waals surface area contributed by atoms with Crippen LogP contribution in [0.2, 0.25) is 0 Å². The van der Waals surface area contributed by atoms with E-state index in [1.807, 2.05) is 12.1 Å². The average Bonchev–Trinajstić information content (AvgIpc) is 2.99. The van der Waals surface area contributed by atoms with E-state index >= 15 is 0 Å². The van der Waals surface area contributed by atoms with Crippen LogP contribution in [0, 0.1) is 0 Å². The number of rotatable bonds is 2. The molecule has 0 unspecified atom stereocenters. The average molecular weight is 263 g/mol. The molecule has 1 aliphatic heterocycles. The molecule has 1 fully saturated rings. The molecule has 1 N–H and O–H groups in total. The number of carboxylic acid groups (broad SMARTS) is 1. The summed E-state index contributed by atoms with van der Waals surface area (Å²) >= 11 is 0. The van der Waals surface area contributed by atoms with Crippen LogP contribution in [0.1, 0.15) is 23.1 Å². The van der Waals surface area contributed by atoms with Crippen LogP contribution in [-0.2, 0) is 28.2 Å². The van der Waals surface area contributed by atoms with E-state index in [2.05, 4.69) is 6.07 Å². The van der Waals surface area contributed by atoms with Crippen molar-refractivity contribution in [3.63, 3.8) is 0 Å². The predicted molar refractivity (Wildman–Crippen MR) is 67.8 cm³/mol. The van der Waals surface area contributed by atoms with Crippen molar-refractivity contribution in [1.29, 1.82) is 0 Å². The van der Waals surface area contributed by atoms with Gasteiger partial charge < -0.3 is 19.5 Å². The maximum absolute atomic E-state index is 10.9. The van der Waals surface area contributed by atoms with Crippen molar-refractivity contribution in [2.45, 2.75) is 25.2 Å². The van der Waals surface area contributed by atoms with E-state index in [4.69, 9.17) is 14.6 Å². The zero-order valence-electron chi connectivity index (χ0n) is 10.9. The van der Waals surface area contributed by atoms with Crippen LogP contribution in [0.25, 0.3) is 0 Å². The van der Waals surface area contributed by atoms with E-state index in [0.29, 0.717) is 19.8 Å². The van der Waals surface area contributed by atoms with Gasteiger partial charge in [0.15, 0.2) is 5.79 Å². The highest BCUT2D eigenvalue weighted by Gasteiger charge is 2.44. The zero-order chi connectivity index (χ0) is 13.5. The van der Waals surface area contributed by atoms with Crippen LogP contribution >= 0.6 is 0 Å². The minimum absolute atomic E-state index is 0.374. The summed E-state index contributed by atoms with van der Waals surface area (Å²) in [5, 5.41) is 8.92. The zero-order valence-corrected chi connectivity index (χ0v) is 10.9. The highest BCUT2D eigenvalue weighted by Crippen LogP contribution is 2.43. The largest absolute Gasteiger partial charge is 0.465 e. The number of aryl methyl sites for hydroxylation is 1. The molecule has 0 aromatic heterocycles. The monoisotopic (exact) mass is 263 g/mol. The quantitative estimate of drug-likeness (QED) is 0.886. The molecule has 5 heteroatoms. The summed E-state index contributed by atoms with van der Waals surface area (Å²) in [6, 6.07) is 6.06. The Kier molecular flexibility index (Phi) is 2.95. The maximum Gasteiger partial charge on any atom is 0.407 e. The summed E-state index contributed by atoms with van der Waals surface area (Å²) < 4.78 is 11.6. The van der Waals surface area contributed by atoms with Crippen LogP contribution in [0.5, 0.6) is 0 Å². The third-order valence-electron chi connectivity index (χ3n) is 3.81. The number of hydrogen-bond acceptors (Lipinski definition) is 3. The Balaban J connectivity index is 1.88. The Morgan fingerprint density at radius 2 is 2.16 bits per heavy atom. The minimum Gasteiger partial charge on any atom is -0.465 e. The van der Waals surface area contributed by atoms with Crippen molar-refractivity contribution >= 4 is 6.09 Å². The highest BCUT2D eigenvalue weighted by atomic mass is 16.7. The van der Waals surface area contributed by atoms with Crippen molar-refractivity contribution in [1.82, 2.24) is 4.90 Å². The van der Waals surface area contributed by atoms with Crippen molar-refractivity contribution in [3.8, 4) is 0 Å². The Morgan fingerprint density at radius 1 is 1.42 bits per heavy atom. The number of nitrogens with zero attached hydrogens (tertiary/aromatic N) is 1. The van der Waals surface area contributed by atoms with Gasteiger partial charge in [0.2, 0.25) is 0 Å². The number of ether oxygens (including phenoxy) is 2. The molecule has 0 bridgehead atoms. The Hall–Kier alpha value is -1.59. The first-order valence-corrected chi connectivity index (χ1v) is 6.45. The number of amides is 1.